The van der Waals surface area contributed by atoms with E-state index >= 15 is 0 Å². The van der Waals surface area contributed by atoms with Crippen LogP contribution in [-0.2, 0) is 4.79 Å². The number of aromatic nitrogens is 1. The van der Waals surface area contributed by atoms with Gasteiger partial charge >= 0.3 is 0 Å². The Balaban J connectivity index is 1.74. The number of amides is 1. The number of fused-ring (bicyclic) bond motifs is 1. The first-order chi connectivity index (χ1) is 11.4. The largest absolute Gasteiger partial charge is 0.484 e. The molecular weight excluding hydrogens is 390 g/mol. The highest BCUT2D eigenvalue weighted by molar-refractivity contribution is 9.10. The summed E-state index contributed by atoms with van der Waals surface area (Å²) in [4.78, 5) is 16.5. The number of benzene rings is 2. The number of rotatable bonds is 4. The van der Waals surface area contributed by atoms with Crippen LogP contribution in [0.2, 0.25) is 0 Å². The van der Waals surface area contributed by atoms with Gasteiger partial charge in [0.25, 0.3) is 5.91 Å². The van der Waals surface area contributed by atoms with Crippen LogP contribution in [0.1, 0.15) is 11.1 Å². The Kier molecular flexibility index (Phi) is 4.73. The molecule has 0 fully saturated rings. The lowest BCUT2D eigenvalue weighted by molar-refractivity contribution is -0.118. The van der Waals surface area contributed by atoms with Gasteiger partial charge in [0.2, 0.25) is 0 Å². The van der Waals surface area contributed by atoms with Gasteiger partial charge in [0, 0.05) is 10.2 Å². The number of nitrogens with two attached hydrogens (primary N) is 1. The number of carbonyl (C=O) groups is 1. The molecule has 124 valence electrons. The topological polar surface area (TPSA) is 77.2 Å². The van der Waals surface area contributed by atoms with Crippen molar-refractivity contribution in [2.24, 2.45) is 0 Å². The third kappa shape index (κ3) is 3.52. The number of nitrogens with zero attached hydrogens (tertiary/aromatic N) is 1. The maximum atomic E-state index is 12.2. The predicted octanol–water partition coefficient (Wildman–Crippen LogP) is 4.28. The van der Waals surface area contributed by atoms with E-state index in [0.717, 1.165) is 31.5 Å². The number of ether oxygens (including phenoxy) is 1. The van der Waals surface area contributed by atoms with Gasteiger partial charge in [-0.25, -0.2) is 4.98 Å². The molecule has 3 N–H and O–H groups in total. The summed E-state index contributed by atoms with van der Waals surface area (Å²) in [5, 5.41) is 3.45. The first kappa shape index (κ1) is 16.7. The van der Waals surface area contributed by atoms with Crippen molar-refractivity contribution in [3.05, 3.63) is 45.9 Å². The zero-order chi connectivity index (χ0) is 17.3. The van der Waals surface area contributed by atoms with E-state index in [1.54, 1.807) is 12.1 Å². The van der Waals surface area contributed by atoms with E-state index in [0.29, 0.717) is 10.9 Å². The minimum Gasteiger partial charge on any atom is -0.484 e. The van der Waals surface area contributed by atoms with E-state index in [1.165, 1.54) is 11.3 Å². The van der Waals surface area contributed by atoms with Gasteiger partial charge in [0.15, 0.2) is 11.7 Å². The van der Waals surface area contributed by atoms with Gasteiger partial charge in [-0.1, -0.05) is 27.3 Å². The molecule has 0 aliphatic rings. The monoisotopic (exact) mass is 405 g/mol. The van der Waals surface area contributed by atoms with Crippen LogP contribution in [0, 0.1) is 13.8 Å². The molecule has 0 atom stereocenters. The number of aryl methyl sites for hydroxylation is 2. The van der Waals surface area contributed by atoms with Crippen molar-refractivity contribution < 1.29 is 9.53 Å². The highest BCUT2D eigenvalue weighted by atomic mass is 79.9. The number of carbonyl (C=O) groups excluding carboxylic acids is 1. The third-order valence-corrected chi connectivity index (χ3v) is 5.13. The first-order valence-electron chi connectivity index (χ1n) is 7.28. The molecule has 1 aromatic heterocycles. The molecule has 3 aromatic rings. The number of nitrogens with one attached hydrogen (secondary N) is 1. The first-order valence-corrected chi connectivity index (χ1v) is 8.89. The highest BCUT2D eigenvalue weighted by Crippen LogP contribution is 2.34. The fourth-order valence-corrected chi connectivity index (χ4v) is 3.53. The number of hydrogen-bond donors (Lipinski definition) is 2. The Morgan fingerprint density at radius 1 is 1.33 bits per heavy atom. The van der Waals surface area contributed by atoms with Gasteiger partial charge in [-0.3, -0.25) is 4.79 Å². The average Bonchev–Trinajstić information content (AvgIpc) is 2.91. The van der Waals surface area contributed by atoms with Crippen molar-refractivity contribution in [2.75, 3.05) is 17.7 Å². The number of hydrogen-bond acceptors (Lipinski definition) is 5. The Hall–Kier alpha value is -2.12. The van der Waals surface area contributed by atoms with Crippen LogP contribution in [0.25, 0.3) is 10.2 Å². The average molecular weight is 406 g/mol. The molecule has 0 aliphatic heterocycles. The molecule has 1 heterocycles. The van der Waals surface area contributed by atoms with Crippen LogP contribution in [0.4, 0.5) is 10.8 Å². The highest BCUT2D eigenvalue weighted by Gasteiger charge is 2.14. The summed E-state index contributed by atoms with van der Waals surface area (Å²) >= 11 is 4.78. The smallest absolute Gasteiger partial charge is 0.262 e. The van der Waals surface area contributed by atoms with Crippen molar-refractivity contribution in [1.29, 1.82) is 0 Å². The summed E-state index contributed by atoms with van der Waals surface area (Å²) < 4.78 is 7.45. The molecule has 0 aliphatic carbocycles. The summed E-state index contributed by atoms with van der Waals surface area (Å²) in [6.45, 7) is 3.84. The Morgan fingerprint density at radius 2 is 2.04 bits per heavy atom. The number of halogens is 1. The molecule has 0 saturated carbocycles. The maximum absolute atomic E-state index is 12.2. The van der Waals surface area contributed by atoms with Gasteiger partial charge in [0.05, 0.1) is 10.2 Å². The fourth-order valence-electron chi connectivity index (χ4n) is 2.45. The van der Waals surface area contributed by atoms with Crippen molar-refractivity contribution in [1.82, 2.24) is 4.98 Å². The molecule has 0 unspecified atom stereocenters. The molecule has 3 rings (SSSR count). The van der Waals surface area contributed by atoms with Gasteiger partial charge in [0.1, 0.15) is 5.75 Å². The van der Waals surface area contributed by atoms with E-state index in [2.05, 4.69) is 26.2 Å². The second kappa shape index (κ2) is 6.78. The second-order valence-electron chi connectivity index (χ2n) is 5.38. The molecule has 0 spiro atoms. The predicted molar refractivity (Wildman–Crippen MR) is 102 cm³/mol. The van der Waals surface area contributed by atoms with Gasteiger partial charge < -0.3 is 15.8 Å². The van der Waals surface area contributed by atoms with E-state index < -0.39 is 0 Å². The summed E-state index contributed by atoms with van der Waals surface area (Å²) in [6, 6.07) is 9.27. The van der Waals surface area contributed by atoms with Crippen LogP contribution >= 0.6 is 27.3 Å². The Bertz CT molecular complexity index is 906. The zero-order valence-electron chi connectivity index (χ0n) is 13.2. The van der Waals surface area contributed by atoms with E-state index in [9.17, 15) is 4.79 Å². The molecule has 0 radical (unpaired) electrons. The lowest BCUT2D eigenvalue weighted by Crippen LogP contribution is -2.21. The summed E-state index contributed by atoms with van der Waals surface area (Å²) in [7, 11) is 0. The summed E-state index contributed by atoms with van der Waals surface area (Å²) in [5.74, 6) is 0.438. The van der Waals surface area contributed by atoms with Gasteiger partial charge in [-0.2, -0.15) is 0 Å². The van der Waals surface area contributed by atoms with E-state index in [-0.39, 0.29) is 12.5 Å². The van der Waals surface area contributed by atoms with E-state index in [4.69, 9.17) is 10.5 Å². The van der Waals surface area contributed by atoms with Crippen LogP contribution in [0.15, 0.2) is 34.8 Å². The SMILES string of the molecule is Cc1cc2nc(N)sc2c(C)c1NC(=O)COc1ccc(Br)cc1. The standard InChI is InChI=1S/C17H16BrN3O2S/c1-9-7-13-16(24-17(19)20-13)10(2)15(9)21-14(22)8-23-12-5-3-11(18)4-6-12/h3-7H,8H2,1-2H3,(H2,19,20)(H,21,22). The molecular formula is C17H16BrN3O2S. The third-order valence-electron chi connectivity index (χ3n) is 3.58. The number of thiazole rings is 1. The maximum Gasteiger partial charge on any atom is 0.262 e. The van der Waals surface area contributed by atoms with Crippen LogP contribution in [0.3, 0.4) is 0 Å². The van der Waals surface area contributed by atoms with Crippen molar-refractivity contribution in [3.63, 3.8) is 0 Å². The summed E-state index contributed by atoms with van der Waals surface area (Å²) in [5.41, 5.74) is 9.34. The van der Waals surface area contributed by atoms with Gasteiger partial charge in [-0.05, 0) is 55.3 Å². The molecule has 7 heteroatoms. The molecule has 24 heavy (non-hydrogen) atoms. The van der Waals surface area contributed by atoms with Crippen LogP contribution < -0.4 is 15.8 Å². The molecule has 2 aromatic carbocycles. The van der Waals surface area contributed by atoms with Crippen LogP contribution in [0.5, 0.6) is 5.75 Å². The molecule has 5 nitrogen and oxygen atoms in total. The van der Waals surface area contributed by atoms with Crippen molar-refractivity contribution in [2.45, 2.75) is 13.8 Å². The number of anilines is 2. The number of nitrogen functional groups attached to an aromatic ring is 1. The second-order valence-corrected chi connectivity index (χ2v) is 7.33. The molecule has 1 amide bonds. The minimum absolute atomic E-state index is 0.0522. The van der Waals surface area contributed by atoms with Gasteiger partial charge in [-0.15, -0.1) is 0 Å². The molecule has 0 bridgehead atoms. The van der Waals surface area contributed by atoms with Crippen molar-refractivity contribution in [3.8, 4) is 5.75 Å². The van der Waals surface area contributed by atoms with Crippen LogP contribution in [-0.4, -0.2) is 17.5 Å². The van der Waals surface area contributed by atoms with E-state index in [1.807, 2.05) is 32.0 Å². The summed E-state index contributed by atoms with van der Waals surface area (Å²) in [6.07, 6.45) is 0. The normalized spacial score (nSPS) is 10.8. The van der Waals surface area contributed by atoms with Crippen molar-refractivity contribution >= 4 is 54.2 Å². The Labute approximate surface area is 152 Å². The molecule has 0 saturated heterocycles. The zero-order valence-corrected chi connectivity index (χ0v) is 15.6. The Morgan fingerprint density at radius 3 is 2.75 bits per heavy atom. The quantitative estimate of drug-likeness (QED) is 0.678. The lowest BCUT2D eigenvalue weighted by Gasteiger charge is -2.13. The fraction of sp³-hybridized carbons (Fsp3) is 0.176. The lowest BCUT2D eigenvalue weighted by atomic mass is 10.1. The minimum atomic E-state index is -0.207.